The molecule has 4 aliphatic heterocycles. The highest BCUT2D eigenvalue weighted by Gasteiger charge is 2.55. The summed E-state index contributed by atoms with van der Waals surface area (Å²) in [6.07, 6.45) is 6.91. The SMILES string of the molecule is C=CC(=O)N1CCN(C2NC(OCC3CCCN3C)NC3C(=O)[C@@]4(CCc5ccc(C)cc5S4)CCC32)CC1CC#N. The summed E-state index contributed by atoms with van der Waals surface area (Å²) in [5.74, 6) is 0.233. The van der Waals surface area contributed by atoms with Crippen LogP contribution in [0.3, 0.4) is 0 Å². The molecule has 1 amide bonds. The van der Waals surface area contributed by atoms with Gasteiger partial charge in [0.1, 0.15) is 0 Å². The first-order chi connectivity index (χ1) is 20.3. The van der Waals surface area contributed by atoms with Crippen LogP contribution >= 0.6 is 11.8 Å². The van der Waals surface area contributed by atoms with Gasteiger partial charge in [0.15, 0.2) is 12.1 Å². The predicted octanol–water partition coefficient (Wildman–Crippen LogP) is 2.65. The van der Waals surface area contributed by atoms with Gasteiger partial charge in [-0.3, -0.25) is 25.1 Å². The largest absolute Gasteiger partial charge is 0.348 e. The lowest BCUT2D eigenvalue weighted by molar-refractivity contribution is -0.145. The number of piperazine rings is 1. The summed E-state index contributed by atoms with van der Waals surface area (Å²) in [5, 5.41) is 16.9. The Morgan fingerprint density at radius 1 is 1.24 bits per heavy atom. The summed E-state index contributed by atoms with van der Waals surface area (Å²) in [6.45, 7) is 9.24. The quantitative estimate of drug-likeness (QED) is 0.483. The molecule has 0 radical (unpaired) electrons. The van der Waals surface area contributed by atoms with Crippen LogP contribution in [0.1, 0.15) is 49.7 Å². The van der Waals surface area contributed by atoms with E-state index in [0.717, 1.165) is 38.6 Å². The summed E-state index contributed by atoms with van der Waals surface area (Å²) in [4.78, 5) is 34.8. The summed E-state index contributed by atoms with van der Waals surface area (Å²) in [7, 11) is 2.15. The fourth-order valence-electron chi connectivity index (χ4n) is 7.80. The molecule has 4 heterocycles. The van der Waals surface area contributed by atoms with Gasteiger partial charge in [-0.25, -0.2) is 0 Å². The number of nitrogens with one attached hydrogen (secondary N) is 2. The van der Waals surface area contributed by atoms with E-state index in [0.29, 0.717) is 38.1 Å². The van der Waals surface area contributed by atoms with Gasteiger partial charge in [-0.15, -0.1) is 11.8 Å². The average Bonchev–Trinajstić information content (AvgIpc) is 3.41. The normalized spacial score (nSPS) is 35.5. The van der Waals surface area contributed by atoms with E-state index in [9.17, 15) is 14.9 Å². The molecule has 1 saturated carbocycles. The number of Topliss-reactive ketones (excluding diaryl/α,β-unsaturated/α-hetero) is 1. The zero-order chi connectivity index (χ0) is 29.4. The molecule has 7 atom stereocenters. The maximum Gasteiger partial charge on any atom is 0.246 e. The van der Waals surface area contributed by atoms with Crippen LogP contribution in [0.4, 0.5) is 0 Å². The zero-order valence-electron chi connectivity index (χ0n) is 24.9. The standard InChI is InChI=1S/C32H44N6O3S/c1-4-27(39)38-17-16-37(19-23(38)11-14-33)30-25-10-13-32(12-9-22-8-7-21(2)18-26(22)42-32)29(40)28(25)34-31(35-30)41-20-24-6-5-15-36(24)3/h4,7-8,18,23-25,28,30-31,34-35H,1,5-6,9-13,15-17,19-20H2,2-3H3/t23?,24?,25?,28?,30?,31?,32-/m1/s1. The summed E-state index contributed by atoms with van der Waals surface area (Å²) in [6, 6.07) is 8.74. The minimum atomic E-state index is -0.449. The molecule has 1 aromatic carbocycles. The Kier molecular flexibility index (Phi) is 8.79. The van der Waals surface area contributed by atoms with Crippen molar-refractivity contribution in [2.75, 3.05) is 39.8 Å². The highest BCUT2D eigenvalue weighted by molar-refractivity contribution is 8.01. The third-order valence-corrected chi connectivity index (χ3v) is 11.8. The number of ether oxygens (including phenoxy) is 1. The maximum absolute atomic E-state index is 14.6. The van der Waals surface area contributed by atoms with E-state index in [1.165, 1.54) is 28.5 Å². The van der Waals surface area contributed by atoms with Crippen molar-refractivity contribution in [2.45, 2.75) is 92.2 Å². The van der Waals surface area contributed by atoms with Crippen LogP contribution in [0.2, 0.25) is 0 Å². The van der Waals surface area contributed by atoms with Crippen molar-refractivity contribution < 1.29 is 14.3 Å². The van der Waals surface area contributed by atoms with E-state index in [1.807, 2.05) is 0 Å². The first kappa shape index (κ1) is 29.8. The molecule has 9 nitrogen and oxygen atoms in total. The number of carbonyl (C=O) groups excluding carboxylic acids is 2. The molecular formula is C32H44N6O3S. The van der Waals surface area contributed by atoms with Crippen molar-refractivity contribution in [2.24, 2.45) is 5.92 Å². The van der Waals surface area contributed by atoms with Gasteiger partial charge in [-0.05, 0) is 76.7 Å². The molecule has 6 rings (SSSR count). The number of aryl methyl sites for hydroxylation is 2. The molecule has 0 bridgehead atoms. The molecule has 226 valence electrons. The van der Waals surface area contributed by atoms with Crippen LogP contribution in [0, 0.1) is 24.2 Å². The third kappa shape index (κ3) is 5.68. The van der Waals surface area contributed by atoms with Crippen molar-refractivity contribution in [3.63, 3.8) is 0 Å². The number of amides is 1. The lowest BCUT2D eigenvalue weighted by Crippen LogP contribution is -2.75. The number of hydrogen-bond acceptors (Lipinski definition) is 9. The second-order valence-electron chi connectivity index (χ2n) is 12.8. The number of likely N-dealkylation sites (N-methyl/N-ethyl adjacent to an activating group) is 1. The predicted molar refractivity (Wildman–Crippen MR) is 163 cm³/mol. The molecule has 10 heteroatoms. The zero-order valence-corrected chi connectivity index (χ0v) is 25.7. The van der Waals surface area contributed by atoms with E-state index in [4.69, 9.17) is 4.74 Å². The van der Waals surface area contributed by atoms with Crippen molar-refractivity contribution >= 4 is 23.5 Å². The molecule has 1 aromatic rings. The van der Waals surface area contributed by atoms with Gasteiger partial charge in [0.25, 0.3) is 0 Å². The molecule has 5 aliphatic rings. The van der Waals surface area contributed by atoms with Crippen LogP contribution in [-0.4, -0.2) is 102 Å². The molecule has 3 saturated heterocycles. The average molecular weight is 593 g/mol. The number of hydrogen-bond donors (Lipinski definition) is 2. The topological polar surface area (TPSA) is 101 Å². The van der Waals surface area contributed by atoms with Gasteiger partial charge >= 0.3 is 0 Å². The molecule has 42 heavy (non-hydrogen) atoms. The first-order valence-corrected chi connectivity index (χ1v) is 16.3. The van der Waals surface area contributed by atoms with Gasteiger partial charge < -0.3 is 14.5 Å². The summed E-state index contributed by atoms with van der Waals surface area (Å²) in [5.41, 5.74) is 2.57. The number of benzene rings is 1. The Morgan fingerprint density at radius 3 is 2.86 bits per heavy atom. The molecule has 4 fully saturated rings. The molecule has 6 unspecified atom stereocenters. The van der Waals surface area contributed by atoms with Gasteiger partial charge in [-0.2, -0.15) is 5.26 Å². The van der Waals surface area contributed by atoms with E-state index >= 15 is 0 Å². The summed E-state index contributed by atoms with van der Waals surface area (Å²) >= 11 is 1.78. The number of ketones is 1. The lowest BCUT2D eigenvalue weighted by Gasteiger charge is -2.55. The van der Waals surface area contributed by atoms with E-state index in [-0.39, 0.29) is 36.5 Å². The van der Waals surface area contributed by atoms with Crippen LogP contribution < -0.4 is 10.6 Å². The fourth-order valence-corrected chi connectivity index (χ4v) is 9.42. The number of likely N-dealkylation sites (tertiary alicyclic amines) is 1. The Hall–Kier alpha value is -2.26. The maximum atomic E-state index is 14.6. The highest BCUT2D eigenvalue weighted by atomic mass is 32.2. The molecule has 2 N–H and O–H groups in total. The Morgan fingerprint density at radius 2 is 2.10 bits per heavy atom. The van der Waals surface area contributed by atoms with Crippen molar-refractivity contribution in [1.29, 1.82) is 5.26 Å². The van der Waals surface area contributed by atoms with E-state index in [2.05, 4.69) is 65.3 Å². The van der Waals surface area contributed by atoms with Gasteiger partial charge in [0.05, 0.1) is 42.1 Å². The number of nitrogens with zero attached hydrogens (tertiary/aromatic N) is 4. The van der Waals surface area contributed by atoms with E-state index < -0.39 is 11.1 Å². The van der Waals surface area contributed by atoms with Crippen LogP contribution in [0.25, 0.3) is 0 Å². The Labute approximate surface area is 254 Å². The number of nitriles is 1. The first-order valence-electron chi connectivity index (χ1n) is 15.5. The van der Waals surface area contributed by atoms with Crippen LogP contribution in [-0.2, 0) is 20.7 Å². The Balaban J connectivity index is 1.24. The van der Waals surface area contributed by atoms with Crippen molar-refractivity contribution in [1.82, 2.24) is 25.3 Å². The second kappa shape index (κ2) is 12.4. The third-order valence-electron chi connectivity index (χ3n) is 10.2. The minimum Gasteiger partial charge on any atom is -0.348 e. The monoisotopic (exact) mass is 592 g/mol. The van der Waals surface area contributed by atoms with Crippen molar-refractivity contribution in [3.8, 4) is 6.07 Å². The molecular weight excluding hydrogens is 548 g/mol. The number of rotatable bonds is 6. The minimum absolute atomic E-state index is 0.0704. The smallest absolute Gasteiger partial charge is 0.246 e. The number of fused-ring (bicyclic) bond motifs is 2. The number of thioether (sulfide) groups is 1. The van der Waals surface area contributed by atoms with Crippen molar-refractivity contribution in [3.05, 3.63) is 42.0 Å². The van der Waals surface area contributed by atoms with Gasteiger partial charge in [-0.1, -0.05) is 24.3 Å². The van der Waals surface area contributed by atoms with Gasteiger partial charge in [0, 0.05) is 36.5 Å². The number of carbonyl (C=O) groups is 2. The second-order valence-corrected chi connectivity index (χ2v) is 14.2. The molecule has 0 aromatic heterocycles. The van der Waals surface area contributed by atoms with Gasteiger partial charge in [0.2, 0.25) is 5.91 Å². The molecule has 1 aliphatic carbocycles. The molecule has 1 spiro atoms. The van der Waals surface area contributed by atoms with E-state index in [1.54, 1.807) is 16.7 Å². The van der Waals surface area contributed by atoms with Crippen LogP contribution in [0.15, 0.2) is 35.7 Å². The summed E-state index contributed by atoms with van der Waals surface area (Å²) < 4.78 is 6.05. The van der Waals surface area contributed by atoms with Crippen LogP contribution in [0.5, 0.6) is 0 Å². The highest BCUT2D eigenvalue weighted by Crippen LogP contribution is 2.51. The lowest BCUT2D eigenvalue weighted by atomic mass is 9.72. The Bertz CT molecular complexity index is 1250. The fraction of sp³-hybridized carbons (Fsp3) is 0.656.